The van der Waals surface area contributed by atoms with Gasteiger partial charge in [0.05, 0.1) is 16.3 Å². The number of nitrogens with zero attached hydrogens (tertiary/aromatic N) is 1. The van der Waals surface area contributed by atoms with Crippen molar-refractivity contribution in [3.05, 3.63) is 77.4 Å². The summed E-state index contributed by atoms with van der Waals surface area (Å²) in [6.45, 7) is 2.36. The summed E-state index contributed by atoms with van der Waals surface area (Å²) in [5, 5.41) is 6.92. The minimum absolute atomic E-state index is 0.0776. The zero-order valence-electron chi connectivity index (χ0n) is 21.5. The Kier molecular flexibility index (Phi) is 9.21. The molecule has 3 amide bonds. The Morgan fingerprint density at radius 1 is 1.03 bits per heavy atom. The number of halogens is 1. The first-order valence-electron chi connectivity index (χ1n) is 12.7. The van der Waals surface area contributed by atoms with Gasteiger partial charge in [-0.15, -0.1) is 0 Å². The van der Waals surface area contributed by atoms with E-state index < -0.39 is 16.1 Å². The second kappa shape index (κ2) is 12.8. The first-order chi connectivity index (χ1) is 18.8. The number of hydrogen-bond acceptors (Lipinski definition) is 5. The number of fused-ring (bicyclic) bond motifs is 1. The predicted octanol–water partition coefficient (Wildman–Crippen LogP) is 5.63. The number of nitrogens with one attached hydrogen (secondary N) is 4. The summed E-state index contributed by atoms with van der Waals surface area (Å²) in [5.41, 5.74) is 4.16. The van der Waals surface area contributed by atoms with Crippen molar-refractivity contribution in [1.29, 1.82) is 0 Å². The lowest BCUT2D eigenvalue weighted by molar-refractivity contribution is -0.116. The number of hydrogen-bond donors (Lipinski definition) is 4. The number of rotatable bonds is 11. The van der Waals surface area contributed by atoms with Gasteiger partial charge in [0.25, 0.3) is 10.0 Å². The van der Waals surface area contributed by atoms with E-state index in [1.54, 1.807) is 6.20 Å². The normalized spacial score (nSPS) is 11.3. The topological polar surface area (TPSA) is 133 Å². The Morgan fingerprint density at radius 2 is 1.82 bits per heavy atom. The van der Waals surface area contributed by atoms with Crippen molar-refractivity contribution in [2.45, 2.75) is 43.9 Å². The van der Waals surface area contributed by atoms with E-state index in [0.29, 0.717) is 30.1 Å². The molecule has 0 fully saturated rings. The molecule has 0 saturated carbocycles. The number of aryl methyl sites for hydroxylation is 1. The van der Waals surface area contributed by atoms with Crippen molar-refractivity contribution in [1.82, 2.24) is 20.0 Å². The monoisotopic (exact) mass is 567 g/mol. The molecule has 0 bridgehead atoms. The van der Waals surface area contributed by atoms with E-state index in [1.807, 2.05) is 48.0 Å². The largest absolute Gasteiger partial charge is 0.353 e. The Balaban J connectivity index is 1.36. The van der Waals surface area contributed by atoms with Crippen molar-refractivity contribution in [2.75, 3.05) is 11.9 Å². The Labute approximate surface area is 232 Å². The third-order valence-electron chi connectivity index (χ3n) is 6.11. The quantitative estimate of drug-likeness (QED) is 0.174. The SMILES string of the molecule is CCCCNC(=O)NS(=O)(=O)c1ccc(NC(=O)CCCc2c(-c3ccccn3)[nH]c3ccc(Cl)cc23)cc1. The smallest absolute Gasteiger partial charge is 0.328 e. The Morgan fingerprint density at radius 3 is 2.54 bits per heavy atom. The van der Waals surface area contributed by atoms with Crippen molar-refractivity contribution < 1.29 is 18.0 Å². The second-order valence-electron chi connectivity index (χ2n) is 9.02. The fraction of sp³-hybridized carbons (Fsp3) is 0.250. The number of benzene rings is 2. The molecule has 4 aromatic rings. The van der Waals surface area contributed by atoms with E-state index in [9.17, 15) is 18.0 Å². The predicted molar refractivity (Wildman–Crippen MR) is 153 cm³/mol. The lowest BCUT2D eigenvalue weighted by Gasteiger charge is -2.10. The fourth-order valence-electron chi connectivity index (χ4n) is 4.17. The molecule has 0 spiro atoms. The summed E-state index contributed by atoms with van der Waals surface area (Å²) in [6.07, 6.45) is 4.83. The third kappa shape index (κ3) is 7.36. The first kappa shape index (κ1) is 28.1. The molecule has 11 heteroatoms. The van der Waals surface area contributed by atoms with Crippen LogP contribution in [-0.2, 0) is 21.2 Å². The van der Waals surface area contributed by atoms with E-state index in [4.69, 9.17) is 11.6 Å². The molecular formula is C28H30ClN5O4S. The van der Waals surface area contributed by atoms with Crippen LogP contribution >= 0.6 is 11.6 Å². The molecule has 2 aromatic carbocycles. The number of amides is 3. The van der Waals surface area contributed by atoms with Gasteiger partial charge in [-0.1, -0.05) is 31.0 Å². The number of carbonyl (C=O) groups excluding carboxylic acids is 2. The number of H-pyrrole nitrogens is 1. The molecule has 0 radical (unpaired) electrons. The number of unbranched alkanes of at least 4 members (excludes halogenated alkanes) is 1. The average molecular weight is 568 g/mol. The van der Waals surface area contributed by atoms with Crippen LogP contribution in [0.25, 0.3) is 22.3 Å². The van der Waals surface area contributed by atoms with E-state index in [1.165, 1.54) is 24.3 Å². The summed E-state index contributed by atoms with van der Waals surface area (Å²) >= 11 is 6.26. The minimum Gasteiger partial charge on any atom is -0.353 e. The van der Waals surface area contributed by atoms with Gasteiger partial charge >= 0.3 is 6.03 Å². The van der Waals surface area contributed by atoms with Gasteiger partial charge in [-0.25, -0.2) is 17.9 Å². The van der Waals surface area contributed by atoms with Crippen LogP contribution in [0, 0.1) is 0 Å². The summed E-state index contributed by atoms with van der Waals surface area (Å²) in [4.78, 5) is 32.3. The van der Waals surface area contributed by atoms with E-state index in [0.717, 1.165) is 40.7 Å². The lowest BCUT2D eigenvalue weighted by atomic mass is 10.0. The van der Waals surface area contributed by atoms with Crippen molar-refractivity contribution in [3.63, 3.8) is 0 Å². The van der Waals surface area contributed by atoms with Gasteiger partial charge in [-0.05, 0) is 79.4 Å². The molecule has 0 aliphatic rings. The standard InChI is InChI=1S/C28H30ClN5O4S/c1-2-3-16-31-28(36)34-39(37,38)21-13-11-20(12-14-21)32-26(35)9-6-7-22-23-18-19(29)10-15-24(23)33-27(22)25-8-4-5-17-30-25/h4-5,8,10-15,17-18,33H,2-3,6-7,9,16H2,1H3,(H,32,35)(H2,31,34,36). The lowest BCUT2D eigenvalue weighted by Crippen LogP contribution is -2.39. The molecule has 4 rings (SSSR count). The zero-order chi connectivity index (χ0) is 27.8. The zero-order valence-corrected chi connectivity index (χ0v) is 23.0. The summed E-state index contributed by atoms with van der Waals surface area (Å²) in [5.74, 6) is -0.198. The molecule has 204 valence electrons. The molecule has 0 aliphatic heterocycles. The van der Waals surface area contributed by atoms with Crippen molar-refractivity contribution in [3.8, 4) is 11.4 Å². The number of sulfonamides is 1. The van der Waals surface area contributed by atoms with Crippen LogP contribution in [0.2, 0.25) is 5.02 Å². The highest BCUT2D eigenvalue weighted by Gasteiger charge is 2.18. The maximum Gasteiger partial charge on any atom is 0.328 e. The number of anilines is 1. The van der Waals surface area contributed by atoms with Crippen LogP contribution in [0.5, 0.6) is 0 Å². The number of aromatic amines is 1. The maximum atomic E-state index is 12.6. The van der Waals surface area contributed by atoms with Crippen molar-refractivity contribution >= 4 is 50.2 Å². The number of aromatic nitrogens is 2. The third-order valence-corrected chi connectivity index (χ3v) is 7.69. The Hall–Kier alpha value is -3.89. The van der Waals surface area contributed by atoms with Gasteiger partial charge in [0, 0.05) is 40.8 Å². The number of pyridine rings is 1. The summed E-state index contributed by atoms with van der Waals surface area (Å²) in [6, 6.07) is 16.3. The second-order valence-corrected chi connectivity index (χ2v) is 11.1. The van der Waals surface area contributed by atoms with E-state index in [-0.39, 0.29) is 17.2 Å². The molecular weight excluding hydrogens is 538 g/mol. The Bertz CT molecular complexity index is 1550. The molecule has 2 heterocycles. The van der Waals surface area contributed by atoms with Crippen molar-refractivity contribution in [2.24, 2.45) is 0 Å². The summed E-state index contributed by atoms with van der Waals surface area (Å²) in [7, 11) is -4.02. The van der Waals surface area contributed by atoms with Gasteiger partial charge in [-0.3, -0.25) is 9.78 Å². The number of carbonyl (C=O) groups is 2. The van der Waals surface area contributed by atoms with Crippen LogP contribution in [0.4, 0.5) is 10.5 Å². The van der Waals surface area contributed by atoms with E-state index >= 15 is 0 Å². The molecule has 4 N–H and O–H groups in total. The average Bonchev–Trinajstić information content (AvgIpc) is 3.27. The van der Waals surface area contributed by atoms with Gasteiger partial charge < -0.3 is 15.6 Å². The van der Waals surface area contributed by atoms with Crippen LogP contribution in [0.1, 0.15) is 38.2 Å². The van der Waals surface area contributed by atoms with Crippen LogP contribution in [0.3, 0.4) is 0 Å². The summed E-state index contributed by atoms with van der Waals surface area (Å²) < 4.78 is 26.8. The van der Waals surface area contributed by atoms with Crippen LogP contribution < -0.4 is 15.4 Å². The highest BCUT2D eigenvalue weighted by molar-refractivity contribution is 7.90. The highest BCUT2D eigenvalue weighted by Crippen LogP contribution is 2.32. The van der Waals surface area contributed by atoms with Gasteiger partial charge in [0.1, 0.15) is 0 Å². The first-order valence-corrected chi connectivity index (χ1v) is 14.5. The molecule has 2 aromatic heterocycles. The van der Waals surface area contributed by atoms with Crippen LogP contribution in [0.15, 0.2) is 71.8 Å². The number of urea groups is 1. The van der Waals surface area contributed by atoms with Crippen LogP contribution in [-0.4, -0.2) is 36.9 Å². The molecule has 39 heavy (non-hydrogen) atoms. The van der Waals surface area contributed by atoms with Gasteiger partial charge in [0.15, 0.2) is 0 Å². The van der Waals surface area contributed by atoms with E-state index in [2.05, 4.69) is 20.6 Å². The molecule has 0 unspecified atom stereocenters. The minimum atomic E-state index is -4.02. The maximum absolute atomic E-state index is 12.6. The molecule has 0 saturated heterocycles. The van der Waals surface area contributed by atoms with Gasteiger partial charge in [-0.2, -0.15) is 0 Å². The molecule has 9 nitrogen and oxygen atoms in total. The molecule has 0 atom stereocenters. The fourth-order valence-corrected chi connectivity index (χ4v) is 5.27. The van der Waals surface area contributed by atoms with Gasteiger partial charge in [0.2, 0.25) is 5.91 Å². The molecule has 0 aliphatic carbocycles. The highest BCUT2D eigenvalue weighted by atomic mass is 35.5.